The van der Waals surface area contributed by atoms with Gasteiger partial charge in [-0.1, -0.05) is 0 Å². The van der Waals surface area contributed by atoms with E-state index in [1.54, 1.807) is 0 Å². The van der Waals surface area contributed by atoms with E-state index in [1.807, 2.05) is 0 Å². The van der Waals surface area contributed by atoms with E-state index in [-0.39, 0.29) is 148 Å². The average Bonchev–Trinajstić information content (AvgIpc) is 1.73. The van der Waals surface area contributed by atoms with Crippen LogP contribution in [-0.4, -0.2) is 168 Å². The smallest absolute Gasteiger partial charge is 1.00 e. The number of phosphoric ester groups is 2. The van der Waals surface area contributed by atoms with Crippen LogP contribution in [0.25, 0.3) is 0 Å². The van der Waals surface area contributed by atoms with Crippen molar-refractivity contribution in [1.29, 1.82) is 0 Å². The predicted octanol–water partition coefficient (Wildman–Crippen LogP) is -1.16. The molecule has 0 aromatic carbocycles. The molecule has 17 heteroatoms. The van der Waals surface area contributed by atoms with Crippen LogP contribution >= 0.6 is 15.6 Å². The third-order valence-electron chi connectivity index (χ3n) is 0.554. The molecule has 0 saturated heterocycles. The zero-order valence-corrected chi connectivity index (χ0v) is 19.2. The first-order chi connectivity index (χ1) is 6.49. The minimum Gasteiger partial charge on any atom is -1.00 e. The monoisotopic (exact) mass is 418 g/mol. The Labute approximate surface area is 224 Å². The molecule has 104 valence electrons. The summed E-state index contributed by atoms with van der Waals surface area (Å²) in [5.41, 5.74) is 0. The van der Waals surface area contributed by atoms with E-state index in [9.17, 15) is 18.7 Å². The number of carbonyl (C=O) groups excluding carboxylic acids is 2. The molecule has 0 rings (SSSR count). The summed E-state index contributed by atoms with van der Waals surface area (Å²) in [6.07, 6.45) is -4.33. The molecule has 4 N–H and O–H groups in total. The quantitative estimate of drug-likeness (QED) is 0.184. The normalized spacial score (nSPS) is 9.26. The van der Waals surface area contributed by atoms with Gasteiger partial charge in [0.2, 0.25) is 0 Å². The summed E-state index contributed by atoms with van der Waals surface area (Å²) in [4.78, 5) is 52.6. The number of hydrogen-bond acceptors (Lipinski definition) is 7. The van der Waals surface area contributed by atoms with Gasteiger partial charge >= 0.3 is 164 Å². The average molecular weight is 419 g/mol. The third-order valence-corrected chi connectivity index (χ3v) is 1.33. The van der Waals surface area contributed by atoms with E-state index in [1.165, 1.54) is 0 Å². The fourth-order valence-electron chi connectivity index (χ4n) is 0.300. The van der Waals surface area contributed by atoms with E-state index in [2.05, 4.69) is 13.8 Å². The van der Waals surface area contributed by atoms with Crippen molar-refractivity contribution in [1.82, 2.24) is 0 Å². The second-order valence-corrected chi connectivity index (χ2v) is 4.09. The zero-order chi connectivity index (χ0) is 12.3. The van der Waals surface area contributed by atoms with Crippen LogP contribution in [-0.2, 0) is 22.9 Å². The molecule has 0 aromatic heterocycles. The van der Waals surface area contributed by atoms with Crippen molar-refractivity contribution >= 4 is 164 Å². The molecule has 0 bridgehead atoms. The molecule has 0 amide bonds. The van der Waals surface area contributed by atoms with Crippen LogP contribution < -0.4 is 0 Å². The second-order valence-electron chi connectivity index (χ2n) is 1.77. The fraction of sp³-hybridized carbons (Fsp3) is 0. The number of carbonyl (C=O) groups is 2. The summed E-state index contributed by atoms with van der Waals surface area (Å²) in [6, 6.07) is 0. The van der Waals surface area contributed by atoms with Gasteiger partial charge in [0.1, 0.15) is 0 Å². The van der Waals surface area contributed by atoms with Gasteiger partial charge in [-0.15, -0.1) is 0 Å². The van der Waals surface area contributed by atoms with Crippen LogP contribution in [0, 0.1) is 0 Å². The van der Waals surface area contributed by atoms with E-state index < -0.39 is 28.0 Å². The van der Waals surface area contributed by atoms with Gasteiger partial charge in [0, 0.05) is 0 Å². The maximum atomic E-state index is 10.3. The van der Waals surface area contributed by atoms with E-state index in [0.29, 0.717) is 0 Å². The number of hydrogen-bond donors (Lipinski definition) is 4. The molecule has 0 aliphatic carbocycles. The van der Waals surface area contributed by atoms with Crippen LogP contribution in [0.1, 0.15) is 11.4 Å². The summed E-state index contributed by atoms with van der Waals surface area (Å²) >= 11 is 0. The predicted molar refractivity (Wildman–Crippen MR) is 70.0 cm³/mol. The third kappa shape index (κ3) is 26.8. The SMILES string of the molecule is O=C(OC(=O)OP(=O)(O)O)OP(=O)(O)O.[Ca+2].[Ca+2].[Ca+2].[H-].[H-].[H-].[H-].[H-].[H-].[H-].[H-].[Mg+2]. The number of ether oxygens (including phenoxy) is 1. The van der Waals surface area contributed by atoms with Crippen LogP contribution in [0.4, 0.5) is 9.59 Å². The fourth-order valence-corrected chi connectivity index (χ4v) is 0.762. The molecule has 0 saturated carbocycles. The molecule has 19 heavy (non-hydrogen) atoms. The molecule has 0 aromatic rings. The van der Waals surface area contributed by atoms with Crippen LogP contribution in [0.15, 0.2) is 0 Å². The van der Waals surface area contributed by atoms with Gasteiger partial charge in [-0.25, -0.2) is 18.7 Å². The first-order valence-electron chi connectivity index (χ1n) is 2.76. The Morgan fingerprint density at radius 3 is 1.16 bits per heavy atom. The number of phosphoric acid groups is 2. The summed E-state index contributed by atoms with van der Waals surface area (Å²) in [7, 11) is -10.4. The van der Waals surface area contributed by atoms with Crippen molar-refractivity contribution in [2.24, 2.45) is 0 Å². The molecule has 0 heterocycles. The minimum atomic E-state index is -5.21. The summed E-state index contributed by atoms with van der Waals surface area (Å²) < 4.78 is 29.6. The molecule has 0 radical (unpaired) electrons. The first kappa shape index (κ1) is 34.0. The molecule has 0 fully saturated rings. The number of rotatable bonds is 2. The first-order valence-corrected chi connectivity index (χ1v) is 5.82. The Morgan fingerprint density at radius 1 is 0.789 bits per heavy atom. The summed E-state index contributed by atoms with van der Waals surface area (Å²) in [6.45, 7) is 0. The van der Waals surface area contributed by atoms with Crippen molar-refractivity contribution in [3.05, 3.63) is 0 Å². The van der Waals surface area contributed by atoms with Crippen molar-refractivity contribution < 1.29 is 63.5 Å². The summed E-state index contributed by atoms with van der Waals surface area (Å²) in [5, 5.41) is 0. The topological polar surface area (TPSA) is 177 Å². The molecular formula is C2H12Ca3MgO11P2. The largest absolute Gasteiger partial charge is 2.00 e. The summed E-state index contributed by atoms with van der Waals surface area (Å²) in [5.74, 6) is 0. The minimum absolute atomic E-state index is 0. The van der Waals surface area contributed by atoms with E-state index in [0.717, 1.165) is 0 Å². The Hall–Kier alpha value is 3.59. The van der Waals surface area contributed by atoms with Crippen LogP contribution in [0.2, 0.25) is 0 Å². The molecule has 0 aliphatic heterocycles. The zero-order valence-electron chi connectivity index (χ0n) is 17.4. The maximum Gasteiger partial charge on any atom is 2.00 e. The Balaban J connectivity index is -0.0000000148. The van der Waals surface area contributed by atoms with Gasteiger partial charge in [-0.2, -0.15) is 0 Å². The Morgan fingerprint density at radius 2 is 1.00 bits per heavy atom. The molecule has 0 atom stereocenters. The van der Waals surface area contributed by atoms with Crippen molar-refractivity contribution in [3.8, 4) is 0 Å². The van der Waals surface area contributed by atoms with Crippen LogP contribution in [0.5, 0.6) is 0 Å². The Kier molecular flexibility index (Phi) is 27.1. The van der Waals surface area contributed by atoms with Gasteiger partial charge in [-0.3, -0.25) is 19.6 Å². The molecule has 11 nitrogen and oxygen atoms in total. The van der Waals surface area contributed by atoms with Gasteiger partial charge in [0.25, 0.3) is 0 Å². The van der Waals surface area contributed by atoms with E-state index >= 15 is 0 Å². The van der Waals surface area contributed by atoms with Gasteiger partial charge in [0.05, 0.1) is 0 Å². The maximum absolute atomic E-state index is 10.3. The molecule has 0 unspecified atom stereocenters. The van der Waals surface area contributed by atoms with Crippen molar-refractivity contribution in [3.63, 3.8) is 0 Å². The second kappa shape index (κ2) is 15.1. The molecule has 0 spiro atoms. The van der Waals surface area contributed by atoms with Crippen LogP contribution in [0.3, 0.4) is 0 Å². The molecule has 0 aliphatic rings. The Bertz CT molecular complexity index is 351. The standard InChI is InChI=1S/C2H4O11P2.3Ca.Mg.8H/c3-1(12-14(5,6)7)11-2(4)13-15(8,9)10;;;;;;;;;;;;/h(H2,5,6,7)(H2,8,9,10);;;;;;;;;;;;/q;4*+2;8*-1. The molecular weight excluding hydrogens is 406 g/mol. The van der Waals surface area contributed by atoms with Gasteiger partial charge in [0.15, 0.2) is 0 Å². The van der Waals surface area contributed by atoms with Gasteiger partial charge < -0.3 is 25.2 Å². The van der Waals surface area contributed by atoms with Crippen molar-refractivity contribution in [2.75, 3.05) is 0 Å². The van der Waals surface area contributed by atoms with E-state index in [4.69, 9.17) is 19.6 Å². The van der Waals surface area contributed by atoms with Gasteiger partial charge in [-0.05, 0) is 0 Å². The van der Waals surface area contributed by atoms with Crippen molar-refractivity contribution in [2.45, 2.75) is 0 Å².